The average Bonchev–Trinajstić information content (AvgIpc) is 3.61. The van der Waals surface area contributed by atoms with E-state index in [1.54, 1.807) is 23.1 Å². The van der Waals surface area contributed by atoms with E-state index in [0.29, 0.717) is 60.7 Å². The maximum Gasteiger partial charge on any atom is 0.247 e. The summed E-state index contributed by atoms with van der Waals surface area (Å²) < 4.78 is 17.2. The van der Waals surface area contributed by atoms with Crippen LogP contribution in [0.25, 0.3) is 0 Å². The van der Waals surface area contributed by atoms with Crippen LogP contribution in [-0.4, -0.2) is 91.5 Å². The van der Waals surface area contributed by atoms with Gasteiger partial charge in [-0.05, 0) is 31.1 Å². The van der Waals surface area contributed by atoms with Gasteiger partial charge in [-0.15, -0.1) is 0 Å². The summed E-state index contributed by atoms with van der Waals surface area (Å²) in [6.45, 7) is 3.20. The number of nitrogens with zero attached hydrogens (tertiary/aromatic N) is 1. The molecule has 10 nitrogen and oxygen atoms in total. The van der Waals surface area contributed by atoms with Gasteiger partial charge in [0.05, 0.1) is 38.2 Å². The molecule has 1 fully saturated rings. The van der Waals surface area contributed by atoms with Crippen LogP contribution >= 0.6 is 0 Å². The fourth-order valence-electron chi connectivity index (χ4n) is 5.64. The fourth-order valence-corrected chi connectivity index (χ4v) is 5.64. The minimum absolute atomic E-state index is 0.0469. The van der Waals surface area contributed by atoms with Crippen LogP contribution in [0.2, 0.25) is 0 Å². The van der Waals surface area contributed by atoms with E-state index in [1.807, 2.05) is 0 Å². The number of carbonyl (C=O) groups is 3. The summed E-state index contributed by atoms with van der Waals surface area (Å²) in [5.74, 6) is -0.838. The van der Waals surface area contributed by atoms with Gasteiger partial charge in [0.2, 0.25) is 11.8 Å². The van der Waals surface area contributed by atoms with Gasteiger partial charge in [-0.25, -0.2) is 0 Å². The number of methoxy groups -OCH3 is 1. The smallest absolute Gasteiger partial charge is 0.247 e. The van der Waals surface area contributed by atoms with Crippen LogP contribution in [0, 0.1) is 5.92 Å². The molecule has 1 aromatic carbocycles. The number of aliphatic hydroxyl groups excluding tert-OH is 2. The van der Waals surface area contributed by atoms with Crippen LogP contribution < -0.4 is 14.8 Å². The number of hydrogen-bond acceptors (Lipinski definition) is 8. The maximum atomic E-state index is 13.7. The van der Waals surface area contributed by atoms with Gasteiger partial charge in [-0.2, -0.15) is 0 Å². The zero-order valence-electron chi connectivity index (χ0n) is 22.1. The van der Waals surface area contributed by atoms with Crippen LogP contribution in [0.5, 0.6) is 11.5 Å². The zero-order valence-corrected chi connectivity index (χ0v) is 22.1. The van der Waals surface area contributed by atoms with Crippen molar-refractivity contribution >= 4 is 18.1 Å². The van der Waals surface area contributed by atoms with E-state index >= 15 is 0 Å². The molecule has 5 atom stereocenters. The Balaban J connectivity index is 1.75. The standard InChI is InChI=1S/C28H38N2O8/c1-3-4-5-6-9-30(28(35)18-7-11-37-16-18)21-14-20(27(34)29-8-10-31)23-19-12-17(15-32)13-22(36-2)25(19)38-26(23)24(21)33/h12-15,18,21,23-24,26,31,33H,3-11,16H2,1-2H3,(H,29,34)/t18?,21-,23+,24+,26+/m1/s1. The summed E-state index contributed by atoms with van der Waals surface area (Å²) in [6, 6.07) is 2.39. The van der Waals surface area contributed by atoms with Crippen LogP contribution in [-0.2, 0) is 14.3 Å². The highest BCUT2D eigenvalue weighted by atomic mass is 16.5. The van der Waals surface area contributed by atoms with Crippen molar-refractivity contribution in [2.75, 3.05) is 40.0 Å². The van der Waals surface area contributed by atoms with Gasteiger partial charge in [0.15, 0.2) is 11.5 Å². The Hall–Kier alpha value is -2.95. The summed E-state index contributed by atoms with van der Waals surface area (Å²) in [5, 5.41) is 23.7. The van der Waals surface area contributed by atoms with E-state index < -0.39 is 30.1 Å². The number of carbonyl (C=O) groups excluding carboxylic acids is 3. The molecule has 0 saturated carbocycles. The average molecular weight is 531 g/mol. The van der Waals surface area contributed by atoms with Crippen LogP contribution in [0.3, 0.4) is 0 Å². The van der Waals surface area contributed by atoms with Gasteiger partial charge in [0, 0.05) is 36.4 Å². The van der Waals surface area contributed by atoms with Gasteiger partial charge >= 0.3 is 0 Å². The van der Waals surface area contributed by atoms with Crippen molar-refractivity contribution in [3.05, 3.63) is 34.9 Å². The van der Waals surface area contributed by atoms with Gasteiger partial charge in [-0.1, -0.05) is 26.2 Å². The third-order valence-corrected chi connectivity index (χ3v) is 7.59. The van der Waals surface area contributed by atoms with Gasteiger partial charge in [-0.3, -0.25) is 14.4 Å². The number of aliphatic hydroxyl groups is 2. The molecule has 1 aliphatic carbocycles. The van der Waals surface area contributed by atoms with Crippen molar-refractivity contribution in [2.24, 2.45) is 5.92 Å². The first-order valence-electron chi connectivity index (χ1n) is 13.5. The summed E-state index contributed by atoms with van der Waals surface area (Å²) in [4.78, 5) is 40.3. The van der Waals surface area contributed by atoms with Crippen LogP contribution in [0.4, 0.5) is 0 Å². The summed E-state index contributed by atoms with van der Waals surface area (Å²) in [6.07, 6.45) is 4.73. The van der Waals surface area contributed by atoms with Gasteiger partial charge in [0.1, 0.15) is 18.5 Å². The van der Waals surface area contributed by atoms with Gasteiger partial charge in [0.25, 0.3) is 0 Å². The Morgan fingerprint density at radius 2 is 2.08 bits per heavy atom. The number of unbranched alkanes of at least 4 members (excludes halogenated alkanes) is 3. The molecule has 3 aliphatic rings. The Morgan fingerprint density at radius 3 is 2.74 bits per heavy atom. The Morgan fingerprint density at radius 1 is 1.26 bits per heavy atom. The molecule has 208 valence electrons. The molecule has 0 spiro atoms. The number of benzene rings is 1. The molecule has 0 radical (unpaired) electrons. The first-order valence-corrected chi connectivity index (χ1v) is 13.5. The second-order valence-electron chi connectivity index (χ2n) is 10.1. The lowest BCUT2D eigenvalue weighted by atomic mass is 9.77. The monoisotopic (exact) mass is 530 g/mol. The van der Waals surface area contributed by atoms with Crippen LogP contribution in [0.15, 0.2) is 23.8 Å². The van der Waals surface area contributed by atoms with Crippen molar-refractivity contribution in [2.45, 2.75) is 63.2 Å². The zero-order chi connectivity index (χ0) is 27.2. The second kappa shape index (κ2) is 12.7. The molecule has 1 saturated heterocycles. The lowest BCUT2D eigenvalue weighted by molar-refractivity contribution is -0.141. The highest BCUT2D eigenvalue weighted by Gasteiger charge is 2.51. The maximum absolute atomic E-state index is 13.7. The molecular formula is C28H38N2O8. The molecule has 38 heavy (non-hydrogen) atoms. The van der Waals surface area contributed by atoms with E-state index in [2.05, 4.69) is 12.2 Å². The normalized spacial score (nSPS) is 25.6. The number of rotatable bonds is 12. The number of nitrogens with one attached hydrogen (secondary N) is 1. The Labute approximate surface area is 222 Å². The SMILES string of the molecule is CCCCCCN(C(=O)C1CCOC1)[C@@H]1C=C(C(=O)NCCO)[C@@H]2c3cc(C=O)cc(OC)c3O[C@@H]2[C@H]1O. The predicted molar refractivity (Wildman–Crippen MR) is 138 cm³/mol. The largest absolute Gasteiger partial charge is 0.493 e. The van der Waals surface area contributed by atoms with Crippen molar-refractivity contribution in [1.82, 2.24) is 10.2 Å². The number of hydrogen-bond donors (Lipinski definition) is 3. The molecular weight excluding hydrogens is 492 g/mol. The van der Waals surface area contributed by atoms with Crippen molar-refractivity contribution in [3.63, 3.8) is 0 Å². The first-order chi connectivity index (χ1) is 18.4. The van der Waals surface area contributed by atoms with Gasteiger partial charge < -0.3 is 34.6 Å². The minimum Gasteiger partial charge on any atom is -0.493 e. The van der Waals surface area contributed by atoms with Crippen LogP contribution in [0.1, 0.15) is 60.9 Å². The second-order valence-corrected chi connectivity index (χ2v) is 10.1. The molecule has 1 aromatic rings. The minimum atomic E-state index is -1.14. The van der Waals surface area contributed by atoms with Crippen molar-refractivity contribution in [3.8, 4) is 11.5 Å². The molecule has 0 aromatic heterocycles. The van der Waals surface area contributed by atoms with Crippen molar-refractivity contribution in [1.29, 1.82) is 0 Å². The fraction of sp³-hybridized carbons (Fsp3) is 0.607. The van der Waals surface area contributed by atoms with E-state index in [0.717, 1.165) is 25.7 Å². The molecule has 2 aliphatic heterocycles. The molecule has 2 heterocycles. The number of ether oxygens (including phenoxy) is 3. The first kappa shape index (κ1) is 28.1. The van der Waals surface area contributed by atoms with E-state index in [1.165, 1.54) is 7.11 Å². The predicted octanol–water partition coefficient (Wildman–Crippen LogP) is 1.58. The number of fused-ring (bicyclic) bond motifs is 3. The topological polar surface area (TPSA) is 135 Å². The number of amides is 2. The third-order valence-electron chi connectivity index (χ3n) is 7.59. The third kappa shape index (κ3) is 5.57. The highest BCUT2D eigenvalue weighted by Crippen LogP contribution is 2.51. The molecule has 4 rings (SSSR count). The molecule has 10 heteroatoms. The van der Waals surface area contributed by atoms with Crippen molar-refractivity contribution < 1.29 is 38.8 Å². The summed E-state index contributed by atoms with van der Waals surface area (Å²) in [7, 11) is 1.46. The quantitative estimate of drug-likeness (QED) is 0.274. The molecule has 2 amide bonds. The highest BCUT2D eigenvalue weighted by molar-refractivity contribution is 5.96. The lowest BCUT2D eigenvalue weighted by Crippen LogP contribution is -2.57. The van der Waals surface area contributed by atoms with E-state index in [-0.39, 0.29) is 25.0 Å². The summed E-state index contributed by atoms with van der Waals surface area (Å²) in [5.41, 5.74) is 1.23. The molecule has 1 unspecified atom stereocenters. The summed E-state index contributed by atoms with van der Waals surface area (Å²) >= 11 is 0. The Bertz CT molecular complexity index is 1050. The Kier molecular flexibility index (Phi) is 9.40. The van der Waals surface area contributed by atoms with E-state index in [9.17, 15) is 24.6 Å². The lowest BCUT2D eigenvalue weighted by Gasteiger charge is -2.41. The number of aldehydes is 1. The molecule has 3 N–H and O–H groups in total. The molecule has 0 bridgehead atoms. The van der Waals surface area contributed by atoms with E-state index in [4.69, 9.17) is 14.2 Å².